The number of fused-ring (bicyclic) bond motifs is 1. The second-order valence-electron chi connectivity index (χ2n) is 5.99. The summed E-state index contributed by atoms with van der Waals surface area (Å²) in [5.41, 5.74) is 2.86. The van der Waals surface area contributed by atoms with E-state index in [1.807, 2.05) is 12.1 Å². The quantitative estimate of drug-likeness (QED) is 0.631. The second-order valence-corrected chi connectivity index (χ2v) is 8.14. The summed E-state index contributed by atoms with van der Waals surface area (Å²) in [5.74, 6) is 0.0207. The number of rotatable bonds is 4. The van der Waals surface area contributed by atoms with Gasteiger partial charge in [-0.25, -0.2) is 17.5 Å². The highest BCUT2D eigenvalue weighted by molar-refractivity contribution is 7.89. The lowest BCUT2D eigenvalue weighted by atomic mass is 10.1. The van der Waals surface area contributed by atoms with Gasteiger partial charge in [0.2, 0.25) is 10.0 Å². The van der Waals surface area contributed by atoms with Gasteiger partial charge in [-0.15, -0.1) is 0 Å². The van der Waals surface area contributed by atoms with Crippen LogP contribution in [-0.2, 0) is 22.9 Å². The number of hydrogen-bond donors (Lipinski definition) is 0. The summed E-state index contributed by atoms with van der Waals surface area (Å²) in [6, 6.07) is 11.5. The Hall–Kier alpha value is -2.18. The maximum atomic E-state index is 12.2. The number of hydrogen-bond acceptors (Lipinski definition) is 4. The lowest BCUT2D eigenvalue weighted by molar-refractivity contribution is 0.0734. The standard InChI is InChI=1S/C18H19NO4S/c1-19(2)24(21,22)17-10-7-14(8-11-17)18(20)23-16-9-6-13-4-3-5-15(13)12-16/h6-12H,3-5H2,1-2H3. The number of esters is 1. The van der Waals surface area contributed by atoms with Crippen molar-refractivity contribution in [1.82, 2.24) is 4.31 Å². The molecule has 6 heteroatoms. The predicted octanol–water partition coefficient (Wildman–Crippen LogP) is 2.64. The largest absolute Gasteiger partial charge is 0.423 e. The van der Waals surface area contributed by atoms with E-state index in [0.717, 1.165) is 23.6 Å². The highest BCUT2D eigenvalue weighted by atomic mass is 32.2. The Kier molecular flexibility index (Phi) is 4.43. The van der Waals surface area contributed by atoms with Crippen molar-refractivity contribution in [3.05, 3.63) is 59.2 Å². The molecule has 1 aliphatic rings. The molecule has 5 nitrogen and oxygen atoms in total. The Bertz CT molecular complexity index is 870. The van der Waals surface area contributed by atoms with Crippen molar-refractivity contribution in [2.24, 2.45) is 0 Å². The van der Waals surface area contributed by atoms with E-state index < -0.39 is 16.0 Å². The van der Waals surface area contributed by atoms with E-state index in [9.17, 15) is 13.2 Å². The van der Waals surface area contributed by atoms with Crippen LogP contribution in [-0.4, -0.2) is 32.8 Å². The summed E-state index contributed by atoms with van der Waals surface area (Å²) in [4.78, 5) is 12.4. The molecule has 0 unspecified atom stereocenters. The van der Waals surface area contributed by atoms with Gasteiger partial charge in [0.15, 0.2) is 0 Å². The Morgan fingerprint density at radius 1 is 1.00 bits per heavy atom. The maximum Gasteiger partial charge on any atom is 0.343 e. The molecule has 0 fully saturated rings. The molecule has 2 aromatic carbocycles. The molecule has 0 spiro atoms. The van der Waals surface area contributed by atoms with E-state index in [1.165, 1.54) is 49.5 Å². The van der Waals surface area contributed by atoms with E-state index in [1.54, 1.807) is 6.07 Å². The second kappa shape index (κ2) is 6.37. The summed E-state index contributed by atoms with van der Waals surface area (Å²) >= 11 is 0. The molecule has 2 aromatic rings. The van der Waals surface area contributed by atoms with Gasteiger partial charge >= 0.3 is 5.97 Å². The molecular weight excluding hydrogens is 326 g/mol. The highest BCUT2D eigenvalue weighted by Crippen LogP contribution is 2.26. The molecular formula is C18H19NO4S. The molecule has 1 aliphatic carbocycles. The van der Waals surface area contributed by atoms with Crippen molar-refractivity contribution in [3.63, 3.8) is 0 Å². The fraction of sp³-hybridized carbons (Fsp3) is 0.278. The summed E-state index contributed by atoms with van der Waals surface area (Å²) in [5, 5.41) is 0. The molecule has 3 rings (SSSR count). The van der Waals surface area contributed by atoms with Crippen molar-refractivity contribution < 1.29 is 17.9 Å². The maximum absolute atomic E-state index is 12.2. The molecule has 0 atom stereocenters. The van der Waals surface area contributed by atoms with Crippen LogP contribution in [0.4, 0.5) is 0 Å². The summed E-state index contributed by atoms with van der Waals surface area (Å²) in [6.45, 7) is 0. The molecule has 24 heavy (non-hydrogen) atoms. The highest BCUT2D eigenvalue weighted by Gasteiger charge is 2.18. The topological polar surface area (TPSA) is 63.7 Å². The Morgan fingerprint density at radius 3 is 2.33 bits per heavy atom. The number of carbonyl (C=O) groups excluding carboxylic acids is 1. The van der Waals surface area contributed by atoms with Crippen molar-refractivity contribution in [1.29, 1.82) is 0 Å². The van der Waals surface area contributed by atoms with Gasteiger partial charge in [0.25, 0.3) is 0 Å². The lowest BCUT2D eigenvalue weighted by Gasteiger charge is -2.11. The van der Waals surface area contributed by atoms with Crippen molar-refractivity contribution in [2.45, 2.75) is 24.2 Å². The smallest absolute Gasteiger partial charge is 0.343 e. The SMILES string of the molecule is CN(C)S(=O)(=O)c1ccc(C(=O)Oc2ccc3c(c2)CCC3)cc1. The molecule has 0 radical (unpaired) electrons. The molecule has 0 saturated heterocycles. The first-order chi connectivity index (χ1) is 11.4. The monoisotopic (exact) mass is 345 g/mol. The molecule has 0 aliphatic heterocycles. The Morgan fingerprint density at radius 2 is 1.67 bits per heavy atom. The van der Waals surface area contributed by atoms with Gasteiger partial charge in [-0.2, -0.15) is 0 Å². The van der Waals surface area contributed by atoms with E-state index in [0.29, 0.717) is 11.3 Å². The van der Waals surface area contributed by atoms with E-state index in [-0.39, 0.29) is 4.90 Å². The first-order valence-electron chi connectivity index (χ1n) is 7.74. The average Bonchev–Trinajstić information content (AvgIpc) is 3.02. The number of nitrogens with zero attached hydrogens (tertiary/aromatic N) is 1. The van der Waals surface area contributed by atoms with Crippen molar-refractivity contribution in [3.8, 4) is 5.75 Å². The first kappa shape index (κ1) is 16.7. The fourth-order valence-corrected chi connectivity index (χ4v) is 3.65. The molecule has 0 bridgehead atoms. The Balaban J connectivity index is 1.76. The van der Waals surface area contributed by atoms with Crippen LogP contribution in [0.1, 0.15) is 27.9 Å². The van der Waals surface area contributed by atoms with Gasteiger partial charge in [-0.05, 0) is 66.8 Å². The fourth-order valence-electron chi connectivity index (χ4n) is 2.75. The van der Waals surface area contributed by atoms with Crippen LogP contribution >= 0.6 is 0 Å². The van der Waals surface area contributed by atoms with E-state index in [4.69, 9.17) is 4.74 Å². The average molecular weight is 345 g/mol. The van der Waals surface area contributed by atoms with Gasteiger partial charge < -0.3 is 4.74 Å². The minimum absolute atomic E-state index is 0.140. The van der Waals surface area contributed by atoms with Crippen LogP contribution in [0, 0.1) is 0 Å². The molecule has 0 saturated carbocycles. The third kappa shape index (κ3) is 3.20. The summed E-state index contributed by atoms with van der Waals surface area (Å²) < 4.78 is 30.6. The molecule has 0 aromatic heterocycles. The zero-order valence-corrected chi connectivity index (χ0v) is 14.5. The van der Waals surface area contributed by atoms with Crippen molar-refractivity contribution >= 4 is 16.0 Å². The number of aryl methyl sites for hydroxylation is 2. The molecule has 0 N–H and O–H groups in total. The number of carbonyl (C=O) groups is 1. The lowest BCUT2D eigenvalue weighted by Crippen LogP contribution is -2.22. The van der Waals surface area contributed by atoms with Crippen LogP contribution in [0.15, 0.2) is 47.4 Å². The van der Waals surface area contributed by atoms with Gasteiger partial charge in [-0.1, -0.05) is 6.07 Å². The van der Waals surface area contributed by atoms with Crippen molar-refractivity contribution in [2.75, 3.05) is 14.1 Å². The minimum atomic E-state index is -3.50. The van der Waals surface area contributed by atoms with Crippen LogP contribution in [0.2, 0.25) is 0 Å². The minimum Gasteiger partial charge on any atom is -0.423 e. The predicted molar refractivity (Wildman–Crippen MR) is 90.7 cm³/mol. The number of ether oxygens (including phenoxy) is 1. The Labute approximate surface area is 141 Å². The van der Waals surface area contributed by atoms with Crippen LogP contribution in [0.25, 0.3) is 0 Å². The third-order valence-electron chi connectivity index (χ3n) is 4.15. The number of sulfonamides is 1. The third-order valence-corrected chi connectivity index (χ3v) is 5.98. The van der Waals surface area contributed by atoms with Crippen LogP contribution in [0.3, 0.4) is 0 Å². The van der Waals surface area contributed by atoms with Gasteiger partial charge in [0, 0.05) is 14.1 Å². The molecule has 0 amide bonds. The van der Waals surface area contributed by atoms with Gasteiger partial charge in [0.1, 0.15) is 5.75 Å². The summed E-state index contributed by atoms with van der Waals surface area (Å²) in [6.07, 6.45) is 3.22. The summed E-state index contributed by atoms with van der Waals surface area (Å²) in [7, 11) is -0.577. The van der Waals surface area contributed by atoms with Gasteiger partial charge in [0.05, 0.1) is 10.5 Å². The zero-order valence-electron chi connectivity index (χ0n) is 13.7. The number of benzene rings is 2. The van der Waals surface area contributed by atoms with E-state index >= 15 is 0 Å². The molecule has 126 valence electrons. The molecule has 0 heterocycles. The van der Waals surface area contributed by atoms with E-state index in [2.05, 4.69) is 0 Å². The van der Waals surface area contributed by atoms with Crippen LogP contribution in [0.5, 0.6) is 5.75 Å². The normalized spacial score (nSPS) is 13.8. The van der Waals surface area contributed by atoms with Gasteiger partial charge in [-0.3, -0.25) is 0 Å². The zero-order chi connectivity index (χ0) is 17.3. The van der Waals surface area contributed by atoms with Crippen LogP contribution < -0.4 is 4.74 Å². The first-order valence-corrected chi connectivity index (χ1v) is 9.18.